The summed E-state index contributed by atoms with van der Waals surface area (Å²) in [5.41, 5.74) is 7.02. The number of hydrogen-bond donors (Lipinski definition) is 1. The number of nitrogens with zero attached hydrogens (tertiary/aromatic N) is 2. The van der Waals surface area contributed by atoms with Gasteiger partial charge in [0.1, 0.15) is 11.5 Å². The molecule has 3 nitrogen and oxygen atoms in total. The highest BCUT2D eigenvalue weighted by molar-refractivity contribution is 5.33. The smallest absolute Gasteiger partial charge is 0.148 e. The van der Waals surface area contributed by atoms with Crippen molar-refractivity contribution in [3.8, 4) is 5.69 Å². The van der Waals surface area contributed by atoms with Gasteiger partial charge in [-0.2, -0.15) is 5.10 Å². The van der Waals surface area contributed by atoms with Crippen LogP contribution in [-0.4, -0.2) is 9.78 Å². The van der Waals surface area contributed by atoms with Crippen LogP contribution in [0.5, 0.6) is 0 Å². The lowest BCUT2D eigenvalue weighted by atomic mass is 10.2. The van der Waals surface area contributed by atoms with Gasteiger partial charge in [-0.25, -0.2) is 9.07 Å². The van der Waals surface area contributed by atoms with Crippen molar-refractivity contribution >= 4 is 0 Å². The van der Waals surface area contributed by atoms with Crippen LogP contribution in [0.15, 0.2) is 36.7 Å². The van der Waals surface area contributed by atoms with Gasteiger partial charge < -0.3 is 5.73 Å². The minimum absolute atomic E-state index is 0.0921. The molecule has 1 unspecified atom stereocenters. The Balaban J connectivity index is 2.42. The molecule has 0 amide bonds. The number of para-hydroxylation sites is 1. The molecule has 0 aliphatic carbocycles. The van der Waals surface area contributed by atoms with Crippen molar-refractivity contribution < 1.29 is 4.39 Å². The van der Waals surface area contributed by atoms with Gasteiger partial charge in [-0.05, 0) is 19.1 Å². The molecule has 0 saturated heterocycles. The molecule has 0 aliphatic rings. The predicted octanol–water partition coefficient (Wildman–Crippen LogP) is 2.03. The molecule has 4 heteroatoms. The van der Waals surface area contributed by atoms with Gasteiger partial charge in [-0.1, -0.05) is 12.1 Å². The molecule has 2 aromatic rings. The molecule has 1 atom stereocenters. The van der Waals surface area contributed by atoms with Gasteiger partial charge in [0.15, 0.2) is 0 Å². The highest BCUT2D eigenvalue weighted by Crippen LogP contribution is 2.14. The first kappa shape index (κ1) is 9.86. The Morgan fingerprint density at radius 2 is 2.13 bits per heavy atom. The van der Waals surface area contributed by atoms with Gasteiger partial charge in [0.05, 0.1) is 6.20 Å². The zero-order valence-corrected chi connectivity index (χ0v) is 8.39. The third-order valence-corrected chi connectivity index (χ3v) is 2.23. The van der Waals surface area contributed by atoms with Crippen LogP contribution >= 0.6 is 0 Å². The third-order valence-electron chi connectivity index (χ3n) is 2.23. The summed E-state index contributed by atoms with van der Waals surface area (Å²) in [5, 5.41) is 4.07. The third kappa shape index (κ3) is 1.89. The van der Waals surface area contributed by atoms with E-state index in [0.29, 0.717) is 5.69 Å². The van der Waals surface area contributed by atoms with Gasteiger partial charge in [-0.3, -0.25) is 0 Å². The molecule has 1 heterocycles. The second-order valence-corrected chi connectivity index (χ2v) is 3.46. The normalized spacial score (nSPS) is 12.7. The number of halogens is 1. The molecule has 0 radical (unpaired) electrons. The van der Waals surface area contributed by atoms with Gasteiger partial charge in [0.25, 0.3) is 0 Å². The van der Waals surface area contributed by atoms with Crippen molar-refractivity contribution in [2.24, 2.45) is 5.73 Å². The molecule has 2 rings (SSSR count). The Morgan fingerprint density at radius 1 is 1.40 bits per heavy atom. The van der Waals surface area contributed by atoms with E-state index >= 15 is 0 Å². The molecule has 78 valence electrons. The standard InChI is InChI=1S/C11H12FN3/c1-8(13)9-6-14-15(7-9)11-5-3-2-4-10(11)12/h2-8H,13H2,1H3. The van der Waals surface area contributed by atoms with Crippen LogP contribution in [0.4, 0.5) is 4.39 Å². The van der Waals surface area contributed by atoms with Gasteiger partial charge in [0, 0.05) is 17.8 Å². The van der Waals surface area contributed by atoms with Crippen molar-refractivity contribution in [2.75, 3.05) is 0 Å². The summed E-state index contributed by atoms with van der Waals surface area (Å²) in [4.78, 5) is 0. The Morgan fingerprint density at radius 3 is 2.73 bits per heavy atom. The number of hydrogen-bond acceptors (Lipinski definition) is 2. The predicted molar refractivity (Wildman–Crippen MR) is 56.1 cm³/mol. The van der Waals surface area contributed by atoms with E-state index in [9.17, 15) is 4.39 Å². The van der Waals surface area contributed by atoms with Crippen molar-refractivity contribution in [2.45, 2.75) is 13.0 Å². The van der Waals surface area contributed by atoms with E-state index in [2.05, 4.69) is 5.10 Å². The first-order valence-corrected chi connectivity index (χ1v) is 4.73. The van der Waals surface area contributed by atoms with Crippen molar-refractivity contribution in [1.29, 1.82) is 0 Å². The Bertz CT molecular complexity index is 462. The number of nitrogens with two attached hydrogens (primary N) is 1. The maximum atomic E-state index is 13.4. The summed E-state index contributed by atoms with van der Waals surface area (Å²) in [5.74, 6) is -0.295. The van der Waals surface area contributed by atoms with E-state index in [-0.39, 0.29) is 11.9 Å². The molecule has 0 aliphatic heterocycles. The fraction of sp³-hybridized carbons (Fsp3) is 0.182. The van der Waals surface area contributed by atoms with Crippen LogP contribution in [0.2, 0.25) is 0 Å². The average molecular weight is 205 g/mol. The zero-order chi connectivity index (χ0) is 10.8. The van der Waals surface area contributed by atoms with Crippen LogP contribution in [0.3, 0.4) is 0 Å². The van der Waals surface area contributed by atoms with Gasteiger partial charge >= 0.3 is 0 Å². The van der Waals surface area contributed by atoms with Crippen molar-refractivity contribution in [1.82, 2.24) is 9.78 Å². The fourth-order valence-electron chi connectivity index (χ4n) is 1.34. The summed E-state index contributed by atoms with van der Waals surface area (Å²) in [6.45, 7) is 1.86. The number of rotatable bonds is 2. The van der Waals surface area contributed by atoms with E-state index in [4.69, 9.17) is 5.73 Å². The van der Waals surface area contributed by atoms with E-state index in [0.717, 1.165) is 5.56 Å². The summed E-state index contributed by atoms with van der Waals surface area (Å²) in [6, 6.07) is 6.40. The molecule has 15 heavy (non-hydrogen) atoms. The summed E-state index contributed by atoms with van der Waals surface area (Å²) in [7, 11) is 0. The van der Waals surface area contributed by atoms with E-state index in [1.165, 1.54) is 10.7 Å². The van der Waals surface area contributed by atoms with E-state index in [1.807, 2.05) is 6.92 Å². The van der Waals surface area contributed by atoms with Crippen LogP contribution in [-0.2, 0) is 0 Å². The van der Waals surface area contributed by atoms with Crippen LogP contribution in [0.1, 0.15) is 18.5 Å². The quantitative estimate of drug-likeness (QED) is 0.815. The van der Waals surface area contributed by atoms with Crippen LogP contribution in [0, 0.1) is 5.82 Å². The minimum Gasteiger partial charge on any atom is -0.324 e. The van der Waals surface area contributed by atoms with Crippen LogP contribution in [0.25, 0.3) is 5.69 Å². The monoisotopic (exact) mass is 205 g/mol. The van der Waals surface area contributed by atoms with Gasteiger partial charge in [0.2, 0.25) is 0 Å². The van der Waals surface area contributed by atoms with Crippen molar-refractivity contribution in [3.05, 3.63) is 48.0 Å². The summed E-state index contributed by atoms with van der Waals surface area (Å²) < 4.78 is 14.9. The second kappa shape index (κ2) is 3.82. The highest BCUT2D eigenvalue weighted by Gasteiger charge is 2.07. The molecule has 2 N–H and O–H groups in total. The lowest BCUT2D eigenvalue weighted by Gasteiger charge is -2.02. The number of aromatic nitrogens is 2. The Labute approximate surface area is 87.3 Å². The Kier molecular flexibility index (Phi) is 2.51. The van der Waals surface area contributed by atoms with Crippen molar-refractivity contribution in [3.63, 3.8) is 0 Å². The topological polar surface area (TPSA) is 43.8 Å². The van der Waals surface area contributed by atoms with Gasteiger partial charge in [-0.15, -0.1) is 0 Å². The Hall–Kier alpha value is -1.68. The lowest BCUT2D eigenvalue weighted by Crippen LogP contribution is -2.03. The molecule has 1 aromatic carbocycles. The zero-order valence-electron chi connectivity index (χ0n) is 8.39. The molecule has 0 bridgehead atoms. The molecule has 1 aromatic heterocycles. The van der Waals surface area contributed by atoms with Crippen LogP contribution < -0.4 is 5.73 Å². The second-order valence-electron chi connectivity index (χ2n) is 3.46. The maximum Gasteiger partial charge on any atom is 0.148 e. The highest BCUT2D eigenvalue weighted by atomic mass is 19.1. The number of benzene rings is 1. The summed E-state index contributed by atoms with van der Waals surface area (Å²) in [6.07, 6.45) is 3.39. The first-order valence-electron chi connectivity index (χ1n) is 4.73. The molecule has 0 spiro atoms. The lowest BCUT2D eigenvalue weighted by molar-refractivity contribution is 0.610. The maximum absolute atomic E-state index is 13.4. The average Bonchev–Trinajstić information content (AvgIpc) is 2.67. The molecular formula is C11H12FN3. The van der Waals surface area contributed by atoms with E-state index < -0.39 is 0 Å². The summed E-state index contributed by atoms with van der Waals surface area (Å²) >= 11 is 0. The molecule has 0 fully saturated rings. The van der Waals surface area contributed by atoms with E-state index in [1.54, 1.807) is 30.6 Å². The first-order chi connectivity index (χ1) is 7.18. The minimum atomic E-state index is -0.295. The fourth-order valence-corrected chi connectivity index (χ4v) is 1.34. The molecular weight excluding hydrogens is 193 g/mol. The SMILES string of the molecule is CC(N)c1cnn(-c2ccccc2F)c1. The molecule has 0 saturated carbocycles. The largest absolute Gasteiger partial charge is 0.324 e.